The van der Waals surface area contributed by atoms with Crippen molar-refractivity contribution in [3.8, 4) is 11.4 Å². The number of amides is 2. The van der Waals surface area contributed by atoms with Gasteiger partial charge in [0, 0.05) is 12.1 Å². The summed E-state index contributed by atoms with van der Waals surface area (Å²) in [6.45, 7) is 5.34. The van der Waals surface area contributed by atoms with E-state index in [1.807, 2.05) is 6.07 Å². The number of hydrogen-bond acceptors (Lipinski definition) is 5. The number of anilines is 1. The van der Waals surface area contributed by atoms with Crippen LogP contribution in [0.4, 0.5) is 10.1 Å². The lowest BCUT2D eigenvalue weighted by molar-refractivity contribution is -0.118. The number of rotatable bonds is 6. The van der Waals surface area contributed by atoms with Gasteiger partial charge < -0.3 is 10.6 Å². The molecular weight excluding hydrogens is 391 g/mol. The van der Waals surface area contributed by atoms with Gasteiger partial charge in [0.2, 0.25) is 5.91 Å². The second-order valence-electron chi connectivity index (χ2n) is 6.84. The molecule has 2 aromatic heterocycles. The highest BCUT2D eigenvalue weighted by molar-refractivity contribution is 7.09. The molecule has 8 heteroatoms. The first kappa shape index (κ1) is 20.6. The van der Waals surface area contributed by atoms with Gasteiger partial charge in [0.25, 0.3) is 5.91 Å². The van der Waals surface area contributed by atoms with Crippen LogP contribution >= 0.6 is 11.5 Å². The zero-order chi connectivity index (χ0) is 21.0. The van der Waals surface area contributed by atoms with Crippen LogP contribution in [0.1, 0.15) is 42.0 Å². The van der Waals surface area contributed by atoms with E-state index in [1.165, 1.54) is 12.1 Å². The third-order valence-corrected chi connectivity index (χ3v) is 5.14. The first-order chi connectivity index (χ1) is 13.9. The van der Waals surface area contributed by atoms with Gasteiger partial charge in [-0.05, 0) is 48.3 Å². The van der Waals surface area contributed by atoms with Gasteiger partial charge in [0.05, 0.1) is 17.4 Å². The average Bonchev–Trinajstić information content (AvgIpc) is 3.12. The number of nitrogens with zero attached hydrogens (tertiary/aromatic N) is 2. The summed E-state index contributed by atoms with van der Waals surface area (Å²) in [5.74, 6) is -1.20. The summed E-state index contributed by atoms with van der Waals surface area (Å²) >= 11 is 0.996. The fourth-order valence-corrected chi connectivity index (χ4v) is 3.35. The second kappa shape index (κ2) is 8.91. The zero-order valence-corrected chi connectivity index (χ0v) is 17.1. The minimum atomic E-state index is -0.374. The monoisotopic (exact) mass is 412 g/mol. The second-order valence-corrected chi connectivity index (χ2v) is 7.61. The topological polar surface area (TPSA) is 84.0 Å². The van der Waals surface area contributed by atoms with Crippen LogP contribution in [0.3, 0.4) is 0 Å². The molecule has 0 saturated heterocycles. The fourth-order valence-electron chi connectivity index (χ4n) is 2.60. The van der Waals surface area contributed by atoms with E-state index in [4.69, 9.17) is 0 Å². The van der Waals surface area contributed by atoms with Gasteiger partial charge in [-0.3, -0.25) is 14.6 Å². The molecule has 2 heterocycles. The summed E-state index contributed by atoms with van der Waals surface area (Å²) in [5, 5.41) is 5.69. The Morgan fingerprint density at radius 1 is 1.07 bits per heavy atom. The van der Waals surface area contributed by atoms with E-state index < -0.39 is 0 Å². The molecule has 3 aromatic rings. The molecule has 0 aliphatic carbocycles. The van der Waals surface area contributed by atoms with Crippen molar-refractivity contribution in [2.75, 3.05) is 5.32 Å². The Bertz CT molecular complexity index is 1000. The van der Waals surface area contributed by atoms with E-state index in [-0.39, 0.29) is 34.5 Å². The SMILES string of the molecule is CC(C)C(=O)Nc1c(-c2ccccn2)nsc1C(=O)N[C@H](C)c1ccc(F)cc1. The molecule has 1 aromatic carbocycles. The molecule has 3 rings (SSSR count). The number of aromatic nitrogens is 2. The summed E-state index contributed by atoms with van der Waals surface area (Å²) in [4.78, 5) is 29.8. The molecule has 0 bridgehead atoms. The average molecular weight is 412 g/mol. The highest BCUT2D eigenvalue weighted by Crippen LogP contribution is 2.33. The number of halogens is 1. The van der Waals surface area contributed by atoms with Crippen molar-refractivity contribution in [3.05, 3.63) is 64.9 Å². The van der Waals surface area contributed by atoms with Crippen molar-refractivity contribution in [3.63, 3.8) is 0 Å². The number of carbonyl (C=O) groups is 2. The Balaban J connectivity index is 1.91. The largest absolute Gasteiger partial charge is 0.345 e. The molecule has 0 aliphatic rings. The lowest BCUT2D eigenvalue weighted by Gasteiger charge is -2.15. The van der Waals surface area contributed by atoms with Crippen molar-refractivity contribution in [2.24, 2.45) is 5.92 Å². The Hall–Kier alpha value is -3.13. The molecule has 1 atom stereocenters. The van der Waals surface area contributed by atoms with Crippen molar-refractivity contribution in [1.29, 1.82) is 0 Å². The lowest BCUT2D eigenvalue weighted by Crippen LogP contribution is -2.27. The number of nitrogens with one attached hydrogen (secondary N) is 2. The maximum absolute atomic E-state index is 13.1. The normalized spacial score (nSPS) is 11.9. The van der Waals surface area contributed by atoms with Gasteiger partial charge in [0.1, 0.15) is 16.4 Å². The van der Waals surface area contributed by atoms with Crippen LogP contribution in [0.2, 0.25) is 0 Å². The van der Waals surface area contributed by atoms with Gasteiger partial charge in [-0.15, -0.1) is 0 Å². The fraction of sp³-hybridized carbons (Fsp3) is 0.238. The Kier molecular flexibility index (Phi) is 6.33. The van der Waals surface area contributed by atoms with E-state index in [2.05, 4.69) is 20.0 Å². The first-order valence-corrected chi connectivity index (χ1v) is 9.92. The van der Waals surface area contributed by atoms with E-state index >= 15 is 0 Å². The van der Waals surface area contributed by atoms with Crippen LogP contribution in [-0.4, -0.2) is 21.2 Å². The Labute approximate surface area is 172 Å². The van der Waals surface area contributed by atoms with Crippen LogP contribution < -0.4 is 10.6 Å². The molecule has 2 amide bonds. The first-order valence-electron chi connectivity index (χ1n) is 9.15. The van der Waals surface area contributed by atoms with Crippen molar-refractivity contribution < 1.29 is 14.0 Å². The quantitative estimate of drug-likeness (QED) is 0.627. The highest BCUT2D eigenvalue weighted by Gasteiger charge is 2.25. The summed E-state index contributed by atoms with van der Waals surface area (Å²) in [6, 6.07) is 10.9. The van der Waals surface area contributed by atoms with Crippen LogP contribution in [0.5, 0.6) is 0 Å². The molecule has 0 spiro atoms. The maximum atomic E-state index is 13.1. The predicted octanol–water partition coefficient (Wildman–Crippen LogP) is 4.43. The molecule has 2 N–H and O–H groups in total. The summed E-state index contributed by atoms with van der Waals surface area (Å²) in [7, 11) is 0. The Morgan fingerprint density at radius 3 is 2.41 bits per heavy atom. The summed E-state index contributed by atoms with van der Waals surface area (Å²) < 4.78 is 17.5. The molecule has 6 nitrogen and oxygen atoms in total. The summed E-state index contributed by atoms with van der Waals surface area (Å²) in [6.07, 6.45) is 1.62. The van der Waals surface area contributed by atoms with E-state index in [9.17, 15) is 14.0 Å². The van der Waals surface area contributed by atoms with E-state index in [0.717, 1.165) is 17.1 Å². The molecule has 0 saturated carbocycles. The van der Waals surface area contributed by atoms with Gasteiger partial charge >= 0.3 is 0 Å². The molecule has 0 aliphatic heterocycles. The van der Waals surface area contributed by atoms with Crippen molar-refractivity contribution in [1.82, 2.24) is 14.7 Å². The Morgan fingerprint density at radius 2 is 1.79 bits per heavy atom. The van der Waals surface area contributed by atoms with Gasteiger partial charge in [-0.25, -0.2) is 4.39 Å². The van der Waals surface area contributed by atoms with Gasteiger partial charge in [-0.2, -0.15) is 4.37 Å². The van der Waals surface area contributed by atoms with Crippen LogP contribution in [0.25, 0.3) is 11.4 Å². The minimum Gasteiger partial charge on any atom is -0.345 e. The van der Waals surface area contributed by atoms with Crippen molar-refractivity contribution in [2.45, 2.75) is 26.8 Å². The number of carbonyl (C=O) groups excluding carboxylic acids is 2. The van der Waals surface area contributed by atoms with Gasteiger partial charge in [0.15, 0.2) is 0 Å². The van der Waals surface area contributed by atoms with Crippen LogP contribution in [0.15, 0.2) is 48.7 Å². The molecule has 0 radical (unpaired) electrons. The molecule has 0 unspecified atom stereocenters. The molecule has 150 valence electrons. The minimum absolute atomic E-state index is 0.219. The smallest absolute Gasteiger partial charge is 0.265 e. The van der Waals surface area contributed by atoms with Crippen LogP contribution in [0, 0.1) is 11.7 Å². The van der Waals surface area contributed by atoms with Gasteiger partial charge in [-0.1, -0.05) is 32.0 Å². The van der Waals surface area contributed by atoms with E-state index in [1.54, 1.807) is 51.2 Å². The van der Waals surface area contributed by atoms with E-state index in [0.29, 0.717) is 17.1 Å². The summed E-state index contributed by atoms with van der Waals surface area (Å²) in [5.41, 5.74) is 2.12. The third-order valence-electron chi connectivity index (χ3n) is 4.30. The lowest BCUT2D eigenvalue weighted by atomic mass is 10.1. The molecule has 0 fully saturated rings. The zero-order valence-electron chi connectivity index (χ0n) is 16.3. The van der Waals surface area contributed by atoms with Crippen LogP contribution in [-0.2, 0) is 4.79 Å². The number of pyridine rings is 1. The third kappa shape index (κ3) is 4.83. The standard InChI is InChI=1S/C21H21FN4O2S/c1-12(2)20(27)25-18-17(16-6-4-5-11-23-16)26-29-19(18)21(28)24-13(3)14-7-9-15(22)10-8-14/h4-13H,1-3H3,(H,24,28)(H,25,27)/t13-/m1/s1. The molecular formula is C21H21FN4O2S. The number of benzene rings is 1. The maximum Gasteiger partial charge on any atom is 0.265 e. The highest BCUT2D eigenvalue weighted by atomic mass is 32.1. The number of hydrogen-bond donors (Lipinski definition) is 2. The predicted molar refractivity (Wildman–Crippen MR) is 111 cm³/mol. The van der Waals surface area contributed by atoms with Crippen molar-refractivity contribution >= 4 is 29.0 Å². The molecule has 29 heavy (non-hydrogen) atoms.